The molecule has 1 aromatic carbocycles. The van der Waals surface area contributed by atoms with Crippen LogP contribution in [0, 0.1) is 5.92 Å². The van der Waals surface area contributed by atoms with Crippen molar-refractivity contribution in [1.29, 1.82) is 0 Å². The van der Waals surface area contributed by atoms with Crippen molar-refractivity contribution >= 4 is 0 Å². The third kappa shape index (κ3) is 2.51. The van der Waals surface area contributed by atoms with Crippen LogP contribution >= 0.6 is 0 Å². The molecule has 1 aliphatic rings. The Kier molecular flexibility index (Phi) is 3.27. The summed E-state index contributed by atoms with van der Waals surface area (Å²) in [6.07, 6.45) is 5.67. The van der Waals surface area contributed by atoms with Crippen molar-refractivity contribution in [2.45, 2.75) is 38.2 Å². The molecule has 2 heteroatoms. The Balaban J connectivity index is 2.05. The molecule has 1 atom stereocenters. The van der Waals surface area contributed by atoms with Crippen molar-refractivity contribution in [3.63, 3.8) is 0 Å². The Bertz CT molecular complexity index is 299. The Morgan fingerprint density at radius 2 is 1.60 bits per heavy atom. The van der Waals surface area contributed by atoms with Crippen LogP contribution in [0.25, 0.3) is 0 Å². The van der Waals surface area contributed by atoms with E-state index in [2.05, 4.69) is 0 Å². The van der Waals surface area contributed by atoms with Crippen molar-refractivity contribution in [3.8, 4) is 5.75 Å². The number of aliphatic hydroxyl groups excluding tert-OH is 1. The molecule has 0 unspecified atom stereocenters. The molecule has 0 amide bonds. The minimum absolute atomic E-state index is 0.259. The number of rotatable bonds is 2. The first kappa shape index (κ1) is 10.5. The summed E-state index contributed by atoms with van der Waals surface area (Å²) >= 11 is 0. The van der Waals surface area contributed by atoms with Crippen molar-refractivity contribution in [2.75, 3.05) is 0 Å². The van der Waals surface area contributed by atoms with E-state index in [-0.39, 0.29) is 11.9 Å². The number of hydrogen-bond donors (Lipinski definition) is 2. The van der Waals surface area contributed by atoms with Crippen LogP contribution in [0.3, 0.4) is 0 Å². The summed E-state index contributed by atoms with van der Waals surface area (Å²) < 4.78 is 0. The van der Waals surface area contributed by atoms with E-state index in [4.69, 9.17) is 5.11 Å². The van der Waals surface area contributed by atoms with E-state index in [9.17, 15) is 5.11 Å². The first-order valence-corrected chi connectivity index (χ1v) is 5.74. The lowest BCUT2D eigenvalue weighted by Crippen LogP contribution is -2.15. The molecule has 1 aliphatic carbocycles. The maximum absolute atomic E-state index is 10.2. The molecule has 2 nitrogen and oxygen atoms in total. The number of aliphatic hydroxyl groups is 1. The molecule has 1 aromatic rings. The van der Waals surface area contributed by atoms with Crippen LogP contribution in [0.2, 0.25) is 0 Å². The molecular formula is C13H18O2. The predicted molar refractivity (Wildman–Crippen MR) is 59.6 cm³/mol. The van der Waals surface area contributed by atoms with Gasteiger partial charge in [-0.2, -0.15) is 0 Å². The standard InChI is InChI=1S/C13H18O2/c14-12-8-6-11(7-9-12)13(15)10-4-2-1-3-5-10/h6-10,13-15H,1-5H2/t13-/m1/s1. The van der Waals surface area contributed by atoms with Gasteiger partial charge in [0.25, 0.3) is 0 Å². The van der Waals surface area contributed by atoms with Crippen LogP contribution in [0.4, 0.5) is 0 Å². The fourth-order valence-electron chi connectivity index (χ4n) is 2.39. The first-order chi connectivity index (χ1) is 7.27. The maximum Gasteiger partial charge on any atom is 0.115 e. The zero-order valence-electron chi connectivity index (χ0n) is 8.89. The van der Waals surface area contributed by atoms with Crippen LogP contribution in [-0.4, -0.2) is 10.2 Å². The van der Waals surface area contributed by atoms with Gasteiger partial charge in [0.15, 0.2) is 0 Å². The highest BCUT2D eigenvalue weighted by atomic mass is 16.3. The van der Waals surface area contributed by atoms with Gasteiger partial charge in [0.1, 0.15) is 5.75 Å². The van der Waals surface area contributed by atoms with E-state index < -0.39 is 0 Å². The van der Waals surface area contributed by atoms with Gasteiger partial charge in [-0.25, -0.2) is 0 Å². The van der Waals surface area contributed by atoms with Gasteiger partial charge in [-0.15, -0.1) is 0 Å². The lowest BCUT2D eigenvalue weighted by atomic mass is 9.83. The van der Waals surface area contributed by atoms with Gasteiger partial charge in [0, 0.05) is 0 Å². The van der Waals surface area contributed by atoms with Gasteiger partial charge in [-0.1, -0.05) is 31.4 Å². The lowest BCUT2D eigenvalue weighted by Gasteiger charge is -2.26. The molecule has 0 aromatic heterocycles. The second kappa shape index (κ2) is 4.67. The molecule has 0 heterocycles. The normalized spacial score (nSPS) is 20.1. The number of benzene rings is 1. The highest BCUT2D eigenvalue weighted by Crippen LogP contribution is 2.34. The summed E-state index contributed by atoms with van der Waals surface area (Å²) in [5, 5.41) is 19.3. The van der Waals surface area contributed by atoms with Gasteiger partial charge >= 0.3 is 0 Å². The summed E-state index contributed by atoms with van der Waals surface area (Å²) in [7, 11) is 0. The van der Waals surface area contributed by atoms with Crippen LogP contribution < -0.4 is 0 Å². The fourth-order valence-corrected chi connectivity index (χ4v) is 2.39. The van der Waals surface area contributed by atoms with Gasteiger partial charge in [0.2, 0.25) is 0 Å². The van der Waals surface area contributed by atoms with Gasteiger partial charge in [0.05, 0.1) is 6.10 Å². The zero-order chi connectivity index (χ0) is 10.7. The average Bonchev–Trinajstić information content (AvgIpc) is 2.30. The van der Waals surface area contributed by atoms with Crippen molar-refractivity contribution in [3.05, 3.63) is 29.8 Å². The van der Waals surface area contributed by atoms with E-state index in [0.717, 1.165) is 18.4 Å². The van der Waals surface area contributed by atoms with Gasteiger partial charge in [-0.3, -0.25) is 0 Å². The summed E-state index contributed by atoms with van der Waals surface area (Å²) in [6, 6.07) is 6.91. The Morgan fingerprint density at radius 1 is 1.00 bits per heavy atom. The van der Waals surface area contributed by atoms with Crippen LogP contribution in [0.15, 0.2) is 24.3 Å². The van der Waals surface area contributed by atoms with E-state index in [1.54, 1.807) is 12.1 Å². The number of aromatic hydroxyl groups is 1. The SMILES string of the molecule is Oc1ccc([C@H](O)C2CCCCC2)cc1. The highest BCUT2D eigenvalue weighted by molar-refractivity contribution is 5.27. The lowest BCUT2D eigenvalue weighted by molar-refractivity contribution is 0.0848. The Morgan fingerprint density at radius 3 is 2.20 bits per heavy atom. The molecule has 0 spiro atoms. The molecule has 0 radical (unpaired) electrons. The minimum Gasteiger partial charge on any atom is -0.508 e. The molecule has 0 aliphatic heterocycles. The Labute approximate surface area is 90.6 Å². The van der Waals surface area contributed by atoms with Crippen LogP contribution in [-0.2, 0) is 0 Å². The number of phenols is 1. The third-order valence-corrected chi connectivity index (χ3v) is 3.33. The van der Waals surface area contributed by atoms with E-state index in [1.165, 1.54) is 19.3 Å². The maximum atomic E-state index is 10.2. The molecule has 0 bridgehead atoms. The van der Waals surface area contributed by atoms with Gasteiger partial charge < -0.3 is 10.2 Å². The third-order valence-electron chi connectivity index (χ3n) is 3.33. The first-order valence-electron chi connectivity index (χ1n) is 5.74. The number of hydrogen-bond acceptors (Lipinski definition) is 2. The Hall–Kier alpha value is -1.02. The second-order valence-corrected chi connectivity index (χ2v) is 4.43. The molecule has 82 valence electrons. The van der Waals surface area contributed by atoms with Gasteiger partial charge in [-0.05, 0) is 36.5 Å². The van der Waals surface area contributed by atoms with E-state index in [0.29, 0.717) is 5.92 Å². The zero-order valence-corrected chi connectivity index (χ0v) is 8.89. The smallest absolute Gasteiger partial charge is 0.115 e. The monoisotopic (exact) mass is 206 g/mol. The van der Waals surface area contributed by atoms with Crippen molar-refractivity contribution < 1.29 is 10.2 Å². The summed E-state index contributed by atoms with van der Waals surface area (Å²) in [5.74, 6) is 0.665. The fraction of sp³-hybridized carbons (Fsp3) is 0.538. The van der Waals surface area contributed by atoms with Crippen LogP contribution in [0.5, 0.6) is 5.75 Å². The summed E-state index contributed by atoms with van der Waals surface area (Å²) in [6.45, 7) is 0. The molecular weight excluding hydrogens is 188 g/mol. The molecule has 15 heavy (non-hydrogen) atoms. The molecule has 1 saturated carbocycles. The van der Waals surface area contributed by atoms with Crippen molar-refractivity contribution in [2.24, 2.45) is 5.92 Å². The molecule has 2 N–H and O–H groups in total. The summed E-state index contributed by atoms with van der Waals surface area (Å²) in [5.41, 5.74) is 0.930. The second-order valence-electron chi connectivity index (χ2n) is 4.43. The molecule has 1 fully saturated rings. The average molecular weight is 206 g/mol. The predicted octanol–water partition coefficient (Wildman–Crippen LogP) is 3.01. The van der Waals surface area contributed by atoms with E-state index in [1.807, 2.05) is 12.1 Å². The highest BCUT2D eigenvalue weighted by Gasteiger charge is 2.22. The molecule has 0 saturated heterocycles. The van der Waals surface area contributed by atoms with Crippen molar-refractivity contribution in [1.82, 2.24) is 0 Å². The number of phenolic OH excluding ortho intramolecular Hbond substituents is 1. The molecule has 2 rings (SSSR count). The van der Waals surface area contributed by atoms with E-state index >= 15 is 0 Å². The topological polar surface area (TPSA) is 40.5 Å². The summed E-state index contributed by atoms with van der Waals surface area (Å²) in [4.78, 5) is 0. The largest absolute Gasteiger partial charge is 0.508 e. The van der Waals surface area contributed by atoms with Crippen LogP contribution in [0.1, 0.15) is 43.8 Å². The minimum atomic E-state index is -0.356. The quantitative estimate of drug-likeness (QED) is 0.781.